The van der Waals surface area contributed by atoms with Gasteiger partial charge in [-0.05, 0) is 31.2 Å². The number of piperazine rings is 1. The van der Waals surface area contributed by atoms with Crippen LogP contribution in [0, 0.1) is 0 Å². The number of rotatable bonds is 6. The Morgan fingerprint density at radius 2 is 1.78 bits per heavy atom. The quantitative estimate of drug-likeness (QED) is 0.508. The number of aryl methyl sites for hydroxylation is 2. The second-order valence-corrected chi connectivity index (χ2v) is 10.3. The zero-order chi connectivity index (χ0) is 23.0. The number of hydrogen-bond donors (Lipinski definition) is 0. The molecule has 1 aromatic carbocycles. The van der Waals surface area contributed by atoms with Crippen molar-refractivity contribution < 1.29 is 8.42 Å². The third-order valence-electron chi connectivity index (χ3n) is 5.82. The van der Waals surface area contributed by atoms with Crippen LogP contribution < -0.4 is 11.2 Å². The molecule has 0 bridgehead atoms. The van der Waals surface area contributed by atoms with E-state index in [9.17, 15) is 18.0 Å². The average Bonchev–Trinajstić information content (AvgIpc) is 3.16. The van der Waals surface area contributed by atoms with Gasteiger partial charge in [-0.1, -0.05) is 17.7 Å². The van der Waals surface area contributed by atoms with Crippen LogP contribution in [-0.2, 0) is 30.7 Å². The fourth-order valence-corrected chi connectivity index (χ4v) is 5.74. The van der Waals surface area contributed by atoms with Gasteiger partial charge in [0.15, 0.2) is 11.2 Å². The molecule has 10 nitrogen and oxygen atoms in total. The van der Waals surface area contributed by atoms with Crippen LogP contribution in [0.5, 0.6) is 0 Å². The van der Waals surface area contributed by atoms with Crippen LogP contribution in [0.25, 0.3) is 11.2 Å². The van der Waals surface area contributed by atoms with Gasteiger partial charge in [0.25, 0.3) is 5.56 Å². The number of nitrogens with zero attached hydrogens (tertiary/aromatic N) is 6. The molecule has 0 amide bonds. The van der Waals surface area contributed by atoms with Crippen LogP contribution in [0.3, 0.4) is 0 Å². The normalized spacial score (nSPS) is 16.1. The Morgan fingerprint density at radius 1 is 1.06 bits per heavy atom. The highest BCUT2D eigenvalue weighted by atomic mass is 35.5. The molecule has 0 atom stereocenters. The number of sulfonamides is 1. The Morgan fingerprint density at radius 3 is 2.47 bits per heavy atom. The second-order valence-electron chi connectivity index (χ2n) is 7.88. The van der Waals surface area contributed by atoms with Crippen LogP contribution in [-0.4, -0.2) is 69.0 Å². The number of imidazole rings is 1. The van der Waals surface area contributed by atoms with Crippen molar-refractivity contribution in [3.63, 3.8) is 0 Å². The third-order valence-corrected chi connectivity index (χ3v) is 7.95. The molecule has 2 aromatic heterocycles. The Balaban J connectivity index is 1.38. The monoisotopic (exact) mass is 480 g/mol. The van der Waals surface area contributed by atoms with Crippen LogP contribution >= 0.6 is 11.6 Å². The molecule has 0 unspecified atom stereocenters. The van der Waals surface area contributed by atoms with Crippen molar-refractivity contribution in [2.45, 2.75) is 17.9 Å². The van der Waals surface area contributed by atoms with E-state index in [0.29, 0.717) is 55.3 Å². The van der Waals surface area contributed by atoms with E-state index in [2.05, 4.69) is 9.88 Å². The van der Waals surface area contributed by atoms with Gasteiger partial charge in [0.05, 0.1) is 11.2 Å². The van der Waals surface area contributed by atoms with E-state index in [1.807, 2.05) is 0 Å². The van der Waals surface area contributed by atoms with Gasteiger partial charge in [-0.3, -0.25) is 13.9 Å². The zero-order valence-electron chi connectivity index (χ0n) is 17.9. The summed E-state index contributed by atoms with van der Waals surface area (Å²) in [7, 11) is -0.253. The molecule has 0 N–H and O–H groups in total. The summed E-state index contributed by atoms with van der Waals surface area (Å²) in [4.78, 5) is 31.8. The summed E-state index contributed by atoms with van der Waals surface area (Å²) < 4.78 is 31.4. The van der Waals surface area contributed by atoms with E-state index in [0.717, 1.165) is 0 Å². The maximum absolute atomic E-state index is 12.8. The van der Waals surface area contributed by atoms with Gasteiger partial charge < -0.3 is 9.47 Å². The van der Waals surface area contributed by atoms with Crippen molar-refractivity contribution in [3.8, 4) is 0 Å². The van der Waals surface area contributed by atoms with Crippen LogP contribution in [0.4, 0.5) is 0 Å². The first-order valence-corrected chi connectivity index (χ1v) is 12.1. The van der Waals surface area contributed by atoms with Crippen LogP contribution in [0.1, 0.15) is 6.42 Å². The summed E-state index contributed by atoms with van der Waals surface area (Å²) in [6.07, 6.45) is 2.12. The highest BCUT2D eigenvalue weighted by Crippen LogP contribution is 2.21. The lowest BCUT2D eigenvalue weighted by molar-refractivity contribution is 0.184. The molecule has 0 saturated carbocycles. The van der Waals surface area contributed by atoms with E-state index < -0.39 is 15.7 Å². The largest absolute Gasteiger partial charge is 0.332 e. The molecule has 0 aliphatic carbocycles. The lowest BCUT2D eigenvalue weighted by atomic mass is 10.3. The number of hydrogen-bond acceptors (Lipinski definition) is 6. The lowest BCUT2D eigenvalue weighted by Crippen LogP contribution is -2.49. The summed E-state index contributed by atoms with van der Waals surface area (Å²) in [5.74, 6) is 0. The Bertz CT molecular complexity index is 1370. The van der Waals surface area contributed by atoms with Crippen molar-refractivity contribution in [2.75, 3.05) is 32.7 Å². The van der Waals surface area contributed by atoms with Crippen LogP contribution in [0.15, 0.2) is 45.1 Å². The molecule has 1 fully saturated rings. The molecule has 0 radical (unpaired) electrons. The van der Waals surface area contributed by atoms with Gasteiger partial charge in [0.1, 0.15) is 0 Å². The number of fused-ring (bicyclic) bond motifs is 1. The number of benzene rings is 1. The first-order chi connectivity index (χ1) is 15.2. The van der Waals surface area contributed by atoms with Crippen molar-refractivity contribution in [1.29, 1.82) is 0 Å². The summed E-state index contributed by atoms with van der Waals surface area (Å²) in [6, 6.07) is 6.27. The summed E-state index contributed by atoms with van der Waals surface area (Å²) in [5.41, 5.74) is 0.0295. The molecule has 32 heavy (non-hydrogen) atoms. The first-order valence-electron chi connectivity index (χ1n) is 10.3. The minimum atomic E-state index is -3.58. The standard InChI is InChI=1S/C20H25ClN6O4S/c1-23-14-22-18-17(23)19(28)27(20(29)24(18)2)8-4-7-25-9-11-26(12-10-25)32(30,31)16-6-3-5-15(21)13-16/h3,5-6,13-14H,4,7-12H2,1-2H3. The lowest BCUT2D eigenvalue weighted by Gasteiger charge is -2.34. The fourth-order valence-electron chi connectivity index (χ4n) is 4.02. The maximum atomic E-state index is 12.8. The minimum Gasteiger partial charge on any atom is -0.328 e. The predicted octanol–water partition coefficient (Wildman–Crippen LogP) is 0.484. The summed E-state index contributed by atoms with van der Waals surface area (Å²) >= 11 is 5.94. The van der Waals surface area contributed by atoms with Crippen molar-refractivity contribution in [3.05, 3.63) is 56.5 Å². The molecule has 172 valence electrons. The topological polar surface area (TPSA) is 102 Å². The first kappa shape index (κ1) is 22.7. The highest BCUT2D eigenvalue weighted by molar-refractivity contribution is 7.89. The van der Waals surface area contributed by atoms with Crippen molar-refractivity contribution >= 4 is 32.8 Å². The Labute approximate surface area is 190 Å². The zero-order valence-corrected chi connectivity index (χ0v) is 19.5. The second kappa shape index (κ2) is 8.81. The smallest absolute Gasteiger partial charge is 0.328 e. The van der Waals surface area contributed by atoms with Gasteiger partial charge in [0.2, 0.25) is 10.0 Å². The minimum absolute atomic E-state index is 0.194. The SMILES string of the molecule is Cn1cnc2c1c(=O)n(CCCN1CCN(S(=O)(=O)c3cccc(Cl)c3)CC1)c(=O)n2C. The van der Waals surface area contributed by atoms with Gasteiger partial charge in [-0.15, -0.1) is 0 Å². The van der Waals surface area contributed by atoms with E-state index in [4.69, 9.17) is 11.6 Å². The van der Waals surface area contributed by atoms with E-state index in [1.165, 1.54) is 25.8 Å². The molecule has 3 aromatic rings. The number of halogens is 1. The Hall–Kier alpha value is -2.47. The predicted molar refractivity (Wildman–Crippen MR) is 121 cm³/mol. The molecule has 1 aliphatic rings. The fraction of sp³-hybridized carbons (Fsp3) is 0.450. The average molecular weight is 481 g/mol. The third kappa shape index (κ3) is 4.13. The van der Waals surface area contributed by atoms with E-state index in [1.54, 1.807) is 36.9 Å². The Kier molecular flexibility index (Phi) is 6.26. The summed E-state index contributed by atoms with van der Waals surface area (Å²) in [5, 5.41) is 0.385. The summed E-state index contributed by atoms with van der Waals surface area (Å²) in [6.45, 7) is 2.84. The molecular formula is C20H25ClN6O4S. The van der Waals surface area contributed by atoms with Gasteiger partial charge in [0, 0.05) is 51.8 Å². The molecule has 3 heterocycles. The van der Waals surface area contributed by atoms with Crippen LogP contribution in [0.2, 0.25) is 5.02 Å². The molecule has 1 aliphatic heterocycles. The molecule has 0 spiro atoms. The van der Waals surface area contributed by atoms with E-state index in [-0.39, 0.29) is 17.0 Å². The molecule has 4 rings (SSSR count). The van der Waals surface area contributed by atoms with Crippen molar-refractivity contribution in [2.24, 2.45) is 14.1 Å². The van der Waals surface area contributed by atoms with Gasteiger partial charge in [-0.2, -0.15) is 4.31 Å². The molecular weight excluding hydrogens is 456 g/mol. The highest BCUT2D eigenvalue weighted by Gasteiger charge is 2.28. The molecule has 12 heteroatoms. The van der Waals surface area contributed by atoms with Gasteiger partial charge in [-0.25, -0.2) is 18.2 Å². The van der Waals surface area contributed by atoms with E-state index >= 15 is 0 Å². The molecule has 1 saturated heterocycles. The number of aromatic nitrogens is 4. The maximum Gasteiger partial charge on any atom is 0.332 e. The van der Waals surface area contributed by atoms with Gasteiger partial charge >= 0.3 is 5.69 Å². The van der Waals surface area contributed by atoms with Crippen molar-refractivity contribution in [1.82, 2.24) is 27.9 Å².